The zero-order valence-electron chi connectivity index (χ0n) is 26.4. The molecule has 0 aliphatic rings. The molecule has 0 aromatic heterocycles. The topological polar surface area (TPSA) is 131 Å². The van der Waals surface area contributed by atoms with Crippen LogP contribution in [0.1, 0.15) is 111 Å². The molecule has 40 heavy (non-hydrogen) atoms. The first kappa shape index (κ1) is 34.9. The molecule has 1 aromatic rings. The molecule has 9 nitrogen and oxygen atoms in total. The van der Waals surface area contributed by atoms with Gasteiger partial charge in [0, 0.05) is 18.0 Å². The van der Waals surface area contributed by atoms with Crippen molar-refractivity contribution in [3.05, 3.63) is 34.9 Å². The third-order valence-corrected chi connectivity index (χ3v) is 6.43. The molecule has 0 saturated carbocycles. The van der Waals surface area contributed by atoms with Gasteiger partial charge >= 0.3 is 6.09 Å². The number of carbonyl (C=O) groups is 4. The molecule has 9 heteroatoms. The van der Waals surface area contributed by atoms with Crippen LogP contribution >= 0.6 is 0 Å². The Kier molecular flexibility index (Phi) is 12.7. The molecule has 1 rings (SSSR count). The SMILES string of the molecule is Cc1ccc(C(C(=O)NC(C)(C)C)N(C(=O)C(CCC(N)=O)NC(=O)OC(C)(C)C)C(C)CCC(C)C)cc1C. The van der Waals surface area contributed by atoms with Crippen LogP contribution in [-0.2, 0) is 19.1 Å². The van der Waals surface area contributed by atoms with E-state index in [0.717, 1.165) is 17.5 Å². The van der Waals surface area contributed by atoms with Gasteiger partial charge in [0.2, 0.25) is 17.7 Å². The fourth-order valence-electron chi connectivity index (χ4n) is 4.30. The number of nitrogens with one attached hydrogen (secondary N) is 2. The summed E-state index contributed by atoms with van der Waals surface area (Å²) in [7, 11) is 0. The second-order valence-electron chi connectivity index (χ2n) is 13.3. The number of benzene rings is 1. The van der Waals surface area contributed by atoms with Crippen molar-refractivity contribution in [2.45, 2.75) is 131 Å². The Labute approximate surface area is 241 Å². The van der Waals surface area contributed by atoms with E-state index in [2.05, 4.69) is 24.5 Å². The first-order chi connectivity index (χ1) is 18.2. The lowest BCUT2D eigenvalue weighted by molar-refractivity contribution is -0.146. The summed E-state index contributed by atoms with van der Waals surface area (Å²) in [4.78, 5) is 54.4. The summed E-state index contributed by atoms with van der Waals surface area (Å²) in [5.74, 6) is -1.02. The smallest absolute Gasteiger partial charge is 0.408 e. The summed E-state index contributed by atoms with van der Waals surface area (Å²) >= 11 is 0. The minimum atomic E-state index is -1.12. The van der Waals surface area contributed by atoms with E-state index in [0.29, 0.717) is 17.9 Å². The molecule has 0 radical (unpaired) electrons. The van der Waals surface area contributed by atoms with E-state index in [1.165, 1.54) is 0 Å². The van der Waals surface area contributed by atoms with Gasteiger partial charge < -0.3 is 26.0 Å². The van der Waals surface area contributed by atoms with E-state index in [1.807, 2.05) is 59.7 Å². The van der Waals surface area contributed by atoms with E-state index in [9.17, 15) is 19.2 Å². The molecule has 3 atom stereocenters. The number of rotatable bonds is 12. The van der Waals surface area contributed by atoms with Gasteiger partial charge in [-0.2, -0.15) is 0 Å². The number of carbonyl (C=O) groups excluding carboxylic acids is 4. The average molecular weight is 561 g/mol. The maximum atomic E-state index is 14.4. The quantitative estimate of drug-likeness (QED) is 0.328. The molecule has 0 saturated heterocycles. The molecule has 226 valence electrons. The van der Waals surface area contributed by atoms with Gasteiger partial charge in [-0.3, -0.25) is 14.4 Å². The molecule has 0 bridgehead atoms. The maximum absolute atomic E-state index is 14.4. The van der Waals surface area contributed by atoms with Crippen LogP contribution in [0.25, 0.3) is 0 Å². The second-order valence-corrected chi connectivity index (χ2v) is 13.3. The summed E-state index contributed by atoms with van der Waals surface area (Å²) in [6.45, 7) is 20.9. The van der Waals surface area contributed by atoms with Gasteiger partial charge in [-0.05, 0) is 104 Å². The highest BCUT2D eigenvalue weighted by atomic mass is 16.6. The Morgan fingerprint density at radius 3 is 2.00 bits per heavy atom. The lowest BCUT2D eigenvalue weighted by Crippen LogP contribution is -2.57. The van der Waals surface area contributed by atoms with Gasteiger partial charge in [0.1, 0.15) is 17.7 Å². The van der Waals surface area contributed by atoms with E-state index in [1.54, 1.807) is 25.7 Å². The van der Waals surface area contributed by atoms with Crippen LogP contribution in [0.3, 0.4) is 0 Å². The molecule has 3 unspecified atom stereocenters. The van der Waals surface area contributed by atoms with Crippen LogP contribution in [0.5, 0.6) is 0 Å². The Hall–Kier alpha value is -3.10. The highest BCUT2D eigenvalue weighted by molar-refractivity contribution is 5.93. The van der Waals surface area contributed by atoms with Crippen molar-refractivity contribution >= 4 is 23.8 Å². The Morgan fingerprint density at radius 1 is 0.925 bits per heavy atom. The number of hydrogen-bond donors (Lipinski definition) is 3. The normalized spacial score (nSPS) is 14.2. The lowest BCUT2D eigenvalue weighted by Gasteiger charge is -2.40. The zero-order valence-corrected chi connectivity index (χ0v) is 26.4. The fraction of sp³-hybridized carbons (Fsp3) is 0.677. The van der Waals surface area contributed by atoms with E-state index < -0.39 is 41.1 Å². The Morgan fingerprint density at radius 2 is 1.52 bits per heavy atom. The van der Waals surface area contributed by atoms with Crippen LogP contribution in [0.15, 0.2) is 18.2 Å². The summed E-state index contributed by atoms with van der Waals surface area (Å²) in [5, 5.41) is 5.70. The number of ether oxygens (including phenoxy) is 1. The van der Waals surface area contributed by atoms with Crippen molar-refractivity contribution < 1.29 is 23.9 Å². The lowest BCUT2D eigenvalue weighted by atomic mass is 9.94. The van der Waals surface area contributed by atoms with Gasteiger partial charge in [-0.15, -0.1) is 0 Å². The van der Waals surface area contributed by atoms with Crippen LogP contribution in [0.4, 0.5) is 4.79 Å². The van der Waals surface area contributed by atoms with Gasteiger partial charge in [0.15, 0.2) is 0 Å². The van der Waals surface area contributed by atoms with Crippen molar-refractivity contribution in [2.24, 2.45) is 11.7 Å². The van der Waals surface area contributed by atoms with E-state index in [-0.39, 0.29) is 24.8 Å². The summed E-state index contributed by atoms with van der Waals surface area (Å²) < 4.78 is 5.42. The van der Waals surface area contributed by atoms with Gasteiger partial charge in [0.25, 0.3) is 0 Å². The first-order valence-corrected chi connectivity index (χ1v) is 14.2. The summed E-state index contributed by atoms with van der Waals surface area (Å²) in [6.07, 6.45) is 0.538. The molecule has 1 aromatic carbocycles. The monoisotopic (exact) mass is 560 g/mol. The predicted molar refractivity (Wildman–Crippen MR) is 159 cm³/mol. The fourth-order valence-corrected chi connectivity index (χ4v) is 4.30. The molecular formula is C31H52N4O5. The van der Waals surface area contributed by atoms with Crippen molar-refractivity contribution in [2.75, 3.05) is 0 Å². The molecular weight excluding hydrogens is 508 g/mol. The van der Waals surface area contributed by atoms with Crippen molar-refractivity contribution in [3.8, 4) is 0 Å². The zero-order chi connectivity index (χ0) is 31.0. The van der Waals surface area contributed by atoms with Crippen LogP contribution in [0.2, 0.25) is 0 Å². The summed E-state index contributed by atoms with van der Waals surface area (Å²) in [6, 6.07) is 3.28. The van der Waals surface area contributed by atoms with Gasteiger partial charge in [0.05, 0.1) is 0 Å². The van der Waals surface area contributed by atoms with Crippen molar-refractivity contribution in [1.29, 1.82) is 0 Å². The third-order valence-electron chi connectivity index (χ3n) is 6.43. The molecule has 4 N–H and O–H groups in total. The second kappa shape index (κ2) is 14.5. The number of hydrogen-bond acceptors (Lipinski definition) is 5. The molecule has 0 fully saturated rings. The van der Waals surface area contributed by atoms with Crippen LogP contribution < -0.4 is 16.4 Å². The summed E-state index contributed by atoms with van der Waals surface area (Å²) in [5.41, 5.74) is 6.80. The van der Waals surface area contributed by atoms with Gasteiger partial charge in [-0.1, -0.05) is 32.0 Å². The Balaban J connectivity index is 3.73. The first-order valence-electron chi connectivity index (χ1n) is 14.2. The van der Waals surface area contributed by atoms with Crippen molar-refractivity contribution in [3.63, 3.8) is 0 Å². The van der Waals surface area contributed by atoms with Crippen LogP contribution in [-0.4, -0.2) is 51.9 Å². The Bertz CT molecular complexity index is 1040. The number of primary amides is 1. The standard InChI is InChI=1S/C31H52N4O5/c1-19(2)12-14-22(5)35(28(38)24(16-17-25(32)36)33-29(39)40-31(9,10)11)26(27(37)34-30(6,7)8)23-15-13-20(3)21(4)18-23/h13,15,18-19,22,24,26H,12,14,16-17H2,1-11H3,(H2,32,36)(H,33,39)(H,34,37). The third kappa shape index (κ3) is 12.0. The van der Waals surface area contributed by atoms with E-state index in [4.69, 9.17) is 10.5 Å². The number of alkyl carbamates (subject to hydrolysis) is 1. The van der Waals surface area contributed by atoms with Crippen LogP contribution in [0, 0.1) is 19.8 Å². The average Bonchev–Trinajstić information content (AvgIpc) is 2.77. The van der Waals surface area contributed by atoms with Crippen molar-refractivity contribution in [1.82, 2.24) is 15.5 Å². The molecule has 0 spiro atoms. The maximum Gasteiger partial charge on any atom is 0.408 e. The number of amides is 4. The largest absolute Gasteiger partial charge is 0.444 e. The highest BCUT2D eigenvalue weighted by Crippen LogP contribution is 2.30. The minimum Gasteiger partial charge on any atom is -0.444 e. The number of nitrogens with zero attached hydrogens (tertiary/aromatic N) is 1. The predicted octanol–water partition coefficient (Wildman–Crippen LogP) is 5.07. The number of aryl methyl sites for hydroxylation is 2. The highest BCUT2D eigenvalue weighted by Gasteiger charge is 2.39. The van der Waals surface area contributed by atoms with Gasteiger partial charge in [-0.25, -0.2) is 4.79 Å². The molecule has 0 aliphatic carbocycles. The molecule has 0 heterocycles. The minimum absolute atomic E-state index is 0.0264. The molecule has 4 amide bonds. The van der Waals surface area contributed by atoms with E-state index >= 15 is 0 Å². The number of nitrogens with two attached hydrogens (primary N) is 1. The molecule has 0 aliphatic heterocycles.